The molecule has 29 heavy (non-hydrogen) atoms. The molecule has 0 aliphatic carbocycles. The van der Waals surface area contributed by atoms with Crippen molar-refractivity contribution in [1.29, 1.82) is 0 Å². The van der Waals surface area contributed by atoms with E-state index >= 15 is 0 Å². The molecular weight excluding hydrogens is 380 g/mol. The summed E-state index contributed by atoms with van der Waals surface area (Å²) < 4.78 is 6.30. The van der Waals surface area contributed by atoms with Crippen molar-refractivity contribution in [2.45, 2.75) is 57.7 Å². The first-order valence-corrected chi connectivity index (χ1v) is 11.7. The summed E-state index contributed by atoms with van der Waals surface area (Å²) in [4.78, 5) is 16.5. The number of rotatable bonds is 6. The summed E-state index contributed by atoms with van der Waals surface area (Å²) in [7, 11) is 0. The molecule has 1 unspecified atom stereocenters. The minimum Gasteiger partial charge on any atom is -0.375 e. The molecule has 0 saturated carbocycles. The van der Waals surface area contributed by atoms with E-state index in [1.807, 2.05) is 29.5 Å². The summed E-state index contributed by atoms with van der Waals surface area (Å²) in [6, 6.07) is 12.3. The van der Waals surface area contributed by atoms with Gasteiger partial charge in [-0.1, -0.05) is 30.3 Å². The Morgan fingerprint density at radius 1 is 1.24 bits per heavy atom. The largest absolute Gasteiger partial charge is 0.375 e. The second-order valence-electron chi connectivity index (χ2n) is 8.66. The quantitative estimate of drug-likeness (QED) is 0.758. The van der Waals surface area contributed by atoms with Gasteiger partial charge in [0, 0.05) is 44.1 Å². The number of aryl methyl sites for hydroxylation is 1. The minimum absolute atomic E-state index is 0.0103. The molecule has 1 N–H and O–H groups in total. The first kappa shape index (κ1) is 20.6. The smallest absolute Gasteiger partial charge is 0.220 e. The summed E-state index contributed by atoms with van der Waals surface area (Å²) in [5.74, 6) is 0.604. The fourth-order valence-corrected chi connectivity index (χ4v) is 5.62. The van der Waals surface area contributed by atoms with Crippen LogP contribution in [-0.4, -0.2) is 36.1 Å². The lowest BCUT2D eigenvalue weighted by Crippen LogP contribution is -2.49. The Morgan fingerprint density at radius 3 is 2.76 bits per heavy atom. The van der Waals surface area contributed by atoms with Crippen LogP contribution in [0.4, 0.5) is 0 Å². The van der Waals surface area contributed by atoms with E-state index in [9.17, 15) is 4.79 Å². The Bertz CT molecular complexity index is 796. The number of nitrogens with one attached hydrogen (secondary N) is 1. The molecule has 5 heteroatoms. The molecule has 1 atom stereocenters. The minimum atomic E-state index is -0.0103. The van der Waals surface area contributed by atoms with Gasteiger partial charge in [0.2, 0.25) is 5.91 Å². The van der Waals surface area contributed by atoms with Crippen LogP contribution in [0.1, 0.15) is 48.1 Å². The lowest BCUT2D eigenvalue weighted by molar-refractivity contribution is -0.136. The summed E-state index contributed by atoms with van der Waals surface area (Å²) >= 11 is 1.86. The molecule has 2 fully saturated rings. The van der Waals surface area contributed by atoms with Crippen molar-refractivity contribution in [1.82, 2.24) is 10.2 Å². The number of likely N-dealkylation sites (tertiary alicyclic amines) is 1. The number of thiophene rings is 1. The molecular formula is C24H32N2O2S. The average molecular weight is 413 g/mol. The van der Waals surface area contributed by atoms with Crippen molar-refractivity contribution < 1.29 is 9.53 Å². The van der Waals surface area contributed by atoms with Crippen molar-refractivity contribution in [3.63, 3.8) is 0 Å². The molecule has 2 aromatic rings. The summed E-state index contributed by atoms with van der Waals surface area (Å²) in [5.41, 5.74) is 2.55. The monoisotopic (exact) mass is 412 g/mol. The highest BCUT2D eigenvalue weighted by molar-refractivity contribution is 7.10. The Kier molecular flexibility index (Phi) is 6.68. The molecule has 2 aliphatic rings. The van der Waals surface area contributed by atoms with Crippen LogP contribution in [0.2, 0.25) is 0 Å². The van der Waals surface area contributed by atoms with Crippen LogP contribution in [0.15, 0.2) is 41.8 Å². The number of carbonyl (C=O) groups is 1. The maximum atomic E-state index is 12.5. The standard InChI is InChI=1S/C24H32N2O2S/c1-19-8-14-29-22(19)18-26-11-9-24(10-12-26)16-21(7-13-28-24)15-23(27)25-17-20-5-3-2-4-6-20/h2-6,8,14,21H,7,9-13,15-18H2,1H3,(H,25,27). The highest BCUT2D eigenvalue weighted by Crippen LogP contribution is 2.39. The second kappa shape index (κ2) is 9.41. The zero-order chi connectivity index (χ0) is 20.1. The number of nitrogens with zero attached hydrogens (tertiary/aromatic N) is 1. The van der Waals surface area contributed by atoms with Gasteiger partial charge in [-0.3, -0.25) is 9.69 Å². The third kappa shape index (κ3) is 5.47. The third-order valence-electron chi connectivity index (χ3n) is 6.50. The van der Waals surface area contributed by atoms with Gasteiger partial charge in [0.05, 0.1) is 5.60 Å². The Balaban J connectivity index is 1.24. The van der Waals surface area contributed by atoms with Gasteiger partial charge in [0.1, 0.15) is 0 Å². The lowest BCUT2D eigenvalue weighted by Gasteiger charge is -2.46. The topological polar surface area (TPSA) is 41.6 Å². The van der Waals surface area contributed by atoms with Gasteiger partial charge in [-0.25, -0.2) is 0 Å². The van der Waals surface area contributed by atoms with Crippen molar-refractivity contribution in [2.75, 3.05) is 19.7 Å². The van der Waals surface area contributed by atoms with Gasteiger partial charge < -0.3 is 10.1 Å². The first-order valence-electron chi connectivity index (χ1n) is 10.8. The fraction of sp³-hybridized carbons (Fsp3) is 0.542. The second-order valence-corrected chi connectivity index (χ2v) is 9.66. The molecule has 1 aromatic heterocycles. The molecule has 4 nitrogen and oxygen atoms in total. The van der Waals surface area contributed by atoms with Crippen molar-refractivity contribution in [2.24, 2.45) is 5.92 Å². The zero-order valence-electron chi connectivity index (χ0n) is 17.4. The van der Waals surface area contributed by atoms with Crippen LogP contribution < -0.4 is 5.32 Å². The molecule has 2 saturated heterocycles. The zero-order valence-corrected chi connectivity index (χ0v) is 18.2. The van der Waals surface area contributed by atoms with E-state index in [4.69, 9.17) is 4.74 Å². The molecule has 0 radical (unpaired) electrons. The van der Waals surface area contributed by atoms with E-state index in [1.54, 1.807) is 0 Å². The SMILES string of the molecule is Cc1ccsc1CN1CCC2(CC1)CC(CC(=O)NCc1ccccc1)CCO2. The van der Waals surface area contributed by atoms with Crippen LogP contribution in [0, 0.1) is 12.8 Å². The van der Waals surface area contributed by atoms with Crippen LogP contribution in [0.3, 0.4) is 0 Å². The van der Waals surface area contributed by atoms with Crippen LogP contribution >= 0.6 is 11.3 Å². The van der Waals surface area contributed by atoms with Gasteiger partial charge >= 0.3 is 0 Å². The number of hydrogen-bond donors (Lipinski definition) is 1. The van der Waals surface area contributed by atoms with Crippen molar-refractivity contribution in [3.8, 4) is 0 Å². The Hall–Kier alpha value is -1.69. The Morgan fingerprint density at radius 2 is 2.03 bits per heavy atom. The van der Waals surface area contributed by atoms with Crippen molar-refractivity contribution >= 4 is 17.2 Å². The number of amides is 1. The maximum absolute atomic E-state index is 12.5. The number of piperidine rings is 1. The summed E-state index contributed by atoms with van der Waals surface area (Å²) in [6.07, 6.45) is 4.81. The molecule has 156 valence electrons. The van der Waals surface area contributed by atoms with E-state index in [-0.39, 0.29) is 11.5 Å². The van der Waals surface area contributed by atoms with Gasteiger partial charge in [-0.2, -0.15) is 0 Å². The highest BCUT2D eigenvalue weighted by Gasteiger charge is 2.40. The Labute approximate surface area is 178 Å². The van der Waals surface area contributed by atoms with Crippen LogP contribution in [-0.2, 0) is 22.6 Å². The maximum Gasteiger partial charge on any atom is 0.220 e. The molecule has 4 rings (SSSR count). The first-order chi connectivity index (χ1) is 14.1. The fourth-order valence-electron chi connectivity index (χ4n) is 4.67. The van der Waals surface area contributed by atoms with E-state index in [0.717, 1.165) is 57.5 Å². The van der Waals surface area contributed by atoms with E-state index in [0.29, 0.717) is 18.9 Å². The molecule has 0 bridgehead atoms. The number of hydrogen-bond acceptors (Lipinski definition) is 4. The molecule has 1 amide bonds. The number of carbonyl (C=O) groups excluding carboxylic acids is 1. The van der Waals surface area contributed by atoms with Crippen LogP contribution in [0.25, 0.3) is 0 Å². The van der Waals surface area contributed by atoms with E-state index < -0.39 is 0 Å². The van der Waals surface area contributed by atoms with E-state index in [1.165, 1.54) is 10.4 Å². The van der Waals surface area contributed by atoms with Gasteiger partial charge in [0.15, 0.2) is 0 Å². The molecule has 3 heterocycles. The van der Waals surface area contributed by atoms with E-state index in [2.05, 4.69) is 40.7 Å². The van der Waals surface area contributed by atoms with Gasteiger partial charge in [-0.05, 0) is 61.1 Å². The predicted octanol–water partition coefficient (Wildman–Crippen LogP) is 4.52. The van der Waals surface area contributed by atoms with Gasteiger partial charge in [0.25, 0.3) is 0 Å². The molecule has 1 spiro atoms. The number of benzene rings is 1. The highest BCUT2D eigenvalue weighted by atomic mass is 32.1. The average Bonchev–Trinajstić information content (AvgIpc) is 3.14. The predicted molar refractivity (Wildman–Crippen MR) is 118 cm³/mol. The summed E-state index contributed by atoms with van der Waals surface area (Å²) in [6.45, 7) is 6.85. The van der Waals surface area contributed by atoms with Crippen molar-refractivity contribution in [3.05, 3.63) is 57.8 Å². The summed E-state index contributed by atoms with van der Waals surface area (Å²) in [5, 5.41) is 5.28. The molecule has 2 aliphatic heterocycles. The lowest BCUT2D eigenvalue weighted by atomic mass is 9.78. The third-order valence-corrected chi connectivity index (χ3v) is 7.51. The van der Waals surface area contributed by atoms with Gasteiger partial charge in [-0.15, -0.1) is 11.3 Å². The number of ether oxygens (including phenoxy) is 1. The normalized spacial score (nSPS) is 21.9. The molecule has 1 aromatic carbocycles. The van der Waals surface area contributed by atoms with Crippen LogP contribution in [0.5, 0.6) is 0 Å².